The van der Waals surface area contributed by atoms with Crippen molar-refractivity contribution in [3.8, 4) is 0 Å². The second kappa shape index (κ2) is 18.4. The summed E-state index contributed by atoms with van der Waals surface area (Å²) in [5.74, 6) is 1.43. The van der Waals surface area contributed by atoms with Crippen molar-refractivity contribution in [2.45, 2.75) is 115 Å². The zero-order chi connectivity index (χ0) is 46.6. The van der Waals surface area contributed by atoms with Crippen LogP contribution >= 0.6 is 0 Å². The molecule has 1 aromatic heterocycles. The maximum absolute atomic E-state index is 14.6. The molecule has 8 aliphatic rings. The van der Waals surface area contributed by atoms with E-state index in [1.54, 1.807) is 7.11 Å². The first-order chi connectivity index (χ1) is 31.7. The lowest BCUT2D eigenvalue weighted by Gasteiger charge is -2.38. The van der Waals surface area contributed by atoms with Gasteiger partial charge in [-0.2, -0.15) is 0 Å². The third-order valence-corrected chi connectivity index (χ3v) is 14.5. The Morgan fingerprint density at radius 3 is 2.50 bits per heavy atom. The lowest BCUT2D eigenvalue weighted by atomic mass is 9.75. The Morgan fingerprint density at radius 2 is 1.77 bits per heavy atom. The fourth-order valence-corrected chi connectivity index (χ4v) is 11.4. The highest BCUT2D eigenvalue weighted by Gasteiger charge is 2.47. The van der Waals surface area contributed by atoms with Crippen molar-refractivity contribution in [3.63, 3.8) is 0 Å². The summed E-state index contributed by atoms with van der Waals surface area (Å²) in [6, 6.07) is -2.49. The number of nitrogens with zero attached hydrogens (tertiary/aromatic N) is 4. The second-order valence-electron chi connectivity index (χ2n) is 19.4. The minimum atomic E-state index is -1.22. The molecule has 4 amide bonds. The molecule has 3 fully saturated rings. The molecule has 17 heteroatoms. The molecule has 0 radical (unpaired) electrons. The van der Waals surface area contributed by atoms with Crippen molar-refractivity contribution >= 4 is 35.4 Å². The fraction of sp³-hybridized carbons (Fsp3) is 0.551. The molecule has 352 valence electrons. The van der Waals surface area contributed by atoms with Crippen LogP contribution in [0, 0.1) is 29.6 Å². The quantitative estimate of drug-likeness (QED) is 0.183. The number of alkyl carbamates (subject to hydrolysis) is 1. The second-order valence-corrected chi connectivity index (χ2v) is 19.4. The van der Waals surface area contributed by atoms with E-state index in [1.807, 2.05) is 63.0 Å². The summed E-state index contributed by atoms with van der Waals surface area (Å²) in [7, 11) is 2.97. The summed E-state index contributed by atoms with van der Waals surface area (Å²) in [6.45, 7) is 10.6. The Morgan fingerprint density at radius 1 is 0.985 bits per heavy atom. The molecule has 0 aromatic carbocycles. The van der Waals surface area contributed by atoms with Gasteiger partial charge in [0.25, 0.3) is 0 Å². The average Bonchev–Trinajstić information content (AvgIpc) is 4.11. The van der Waals surface area contributed by atoms with Crippen LogP contribution in [0.2, 0.25) is 0 Å². The number of ether oxygens (including phenoxy) is 4. The standard InChI is InChI=1S/C49H62N8O9/c1-24(2)41(54-48(60)61)47(59)57-25(3)8-13-38(57)45-51-36-12-10-29-18-35-33-11-9-30(17-32(33)23-65-40(35)19-34(29)43(36)53-45)37-20-50-44(52-37)39-16-28(22-63-6)21-56(39)46(58)42(55-49(62)64-7)31-14-26(4)66-27(5)15-31/h9-12,17-20,23-28,31,33-34,38-39,41-43,54H,8,13-16,21-22H2,1-7H3,(H,50,52)(H,51,53)(H,55,62)(H,60,61)/t25-,26+,27+,28-,33?,34?,38-,39-,41-,42-,43?/m0/s1. The van der Waals surface area contributed by atoms with Crippen LogP contribution in [0.3, 0.4) is 0 Å². The summed E-state index contributed by atoms with van der Waals surface area (Å²) in [5.41, 5.74) is 5.81. The molecule has 17 nitrogen and oxygen atoms in total. The summed E-state index contributed by atoms with van der Waals surface area (Å²) in [6.07, 6.45) is 20.0. The molecule has 0 spiro atoms. The Hall–Kier alpha value is -5.94. The molecule has 9 rings (SSSR count). The summed E-state index contributed by atoms with van der Waals surface area (Å²) >= 11 is 0. The number of rotatable bonds is 11. The molecule has 0 bridgehead atoms. The van der Waals surface area contributed by atoms with Gasteiger partial charge >= 0.3 is 12.2 Å². The normalized spacial score (nSPS) is 31.7. The number of nitrogens with one attached hydrogen (secondary N) is 4. The number of hydrogen-bond acceptors (Lipinski definition) is 11. The predicted molar refractivity (Wildman–Crippen MR) is 244 cm³/mol. The third kappa shape index (κ3) is 8.62. The largest absolute Gasteiger partial charge is 0.465 e. The number of fused-ring (bicyclic) bond motifs is 6. The Kier molecular flexibility index (Phi) is 12.6. The fourth-order valence-electron chi connectivity index (χ4n) is 11.4. The highest BCUT2D eigenvalue weighted by atomic mass is 16.5. The maximum Gasteiger partial charge on any atom is 0.407 e. The molecular formula is C49H62N8O9. The number of aliphatic imine (C=N–C) groups is 1. The maximum atomic E-state index is 14.6. The Labute approximate surface area is 385 Å². The minimum Gasteiger partial charge on any atom is -0.465 e. The first kappa shape index (κ1) is 45.2. The molecule has 0 saturated carbocycles. The predicted octanol–water partition coefficient (Wildman–Crippen LogP) is 5.66. The van der Waals surface area contributed by atoms with Gasteiger partial charge in [0.1, 0.15) is 29.5 Å². The lowest BCUT2D eigenvalue weighted by Crippen LogP contribution is -2.57. The van der Waals surface area contributed by atoms with Gasteiger partial charge in [-0.05, 0) is 99.7 Å². The highest BCUT2D eigenvalue weighted by molar-refractivity contribution is 5.97. The van der Waals surface area contributed by atoms with Gasteiger partial charge in [0, 0.05) is 43.0 Å². The van der Waals surface area contributed by atoms with Crippen LogP contribution in [-0.4, -0.2) is 124 Å². The number of amidine groups is 1. The van der Waals surface area contributed by atoms with E-state index in [0.717, 1.165) is 58.1 Å². The van der Waals surface area contributed by atoms with Crippen LogP contribution in [-0.2, 0) is 28.5 Å². The minimum absolute atomic E-state index is 0.0350. The number of carbonyl (C=O) groups is 4. The van der Waals surface area contributed by atoms with Gasteiger partial charge in [-0.15, -0.1) is 0 Å². The number of likely N-dealkylation sites (tertiary alicyclic amines) is 2. The number of methoxy groups -OCH3 is 2. The molecular weight excluding hydrogens is 845 g/mol. The van der Waals surface area contributed by atoms with Crippen molar-refractivity contribution in [2.24, 2.45) is 34.6 Å². The van der Waals surface area contributed by atoms with E-state index in [-0.39, 0.29) is 77.8 Å². The van der Waals surface area contributed by atoms with Gasteiger partial charge in [0.2, 0.25) is 11.8 Å². The van der Waals surface area contributed by atoms with E-state index < -0.39 is 24.3 Å². The molecule has 3 aliphatic carbocycles. The number of amides is 4. The van der Waals surface area contributed by atoms with Crippen LogP contribution in [0.4, 0.5) is 9.59 Å². The molecule has 6 heterocycles. The smallest absolute Gasteiger partial charge is 0.407 e. The molecule has 66 heavy (non-hydrogen) atoms. The van der Waals surface area contributed by atoms with E-state index in [1.165, 1.54) is 7.11 Å². The van der Waals surface area contributed by atoms with Crippen molar-refractivity contribution in [3.05, 3.63) is 94.7 Å². The number of aromatic amines is 1. The highest BCUT2D eigenvalue weighted by Crippen LogP contribution is 2.46. The molecule has 1 aromatic rings. The zero-order valence-corrected chi connectivity index (χ0v) is 38.7. The van der Waals surface area contributed by atoms with E-state index in [4.69, 9.17) is 28.9 Å². The van der Waals surface area contributed by atoms with Crippen LogP contribution in [0.15, 0.2) is 88.2 Å². The van der Waals surface area contributed by atoms with Gasteiger partial charge in [-0.3, -0.25) is 9.59 Å². The molecule has 3 unspecified atom stereocenters. The monoisotopic (exact) mass is 906 g/mol. The Balaban J connectivity index is 0.906. The SMILES string of the molecule is COC[C@H]1C[C@@H](c2ncc(C3=CC4=COC5=CC6C(=CC=C7N=C([C@@H]8CC[C@H](C)N8C(=O)[C@@H](NC(=O)O)C(C)C)NC76)C=C5C4C=C3)[nH]2)N(C(=O)[C@@H](NC(=O)OC)C2C[C@@H](C)O[C@H](C)C2)C1. The van der Waals surface area contributed by atoms with E-state index in [9.17, 15) is 24.3 Å². The Bertz CT molecular complexity index is 2380. The van der Waals surface area contributed by atoms with E-state index in [0.29, 0.717) is 38.2 Å². The topological polar surface area (TPSA) is 209 Å². The number of imidazole rings is 1. The van der Waals surface area contributed by atoms with Gasteiger partial charge in [0.15, 0.2) is 0 Å². The van der Waals surface area contributed by atoms with Gasteiger partial charge in [-0.25, -0.2) is 19.6 Å². The first-order valence-electron chi connectivity index (χ1n) is 23.3. The van der Waals surface area contributed by atoms with Crippen molar-refractivity contribution in [1.82, 2.24) is 35.7 Å². The third-order valence-electron chi connectivity index (χ3n) is 14.5. The molecule has 3 saturated heterocycles. The van der Waals surface area contributed by atoms with Crippen molar-refractivity contribution in [2.75, 3.05) is 27.4 Å². The molecule has 5 N–H and O–H groups in total. The summed E-state index contributed by atoms with van der Waals surface area (Å²) < 4.78 is 22.9. The van der Waals surface area contributed by atoms with Gasteiger partial charge in [0.05, 0.1) is 67.9 Å². The first-order valence-corrected chi connectivity index (χ1v) is 23.3. The van der Waals surface area contributed by atoms with Crippen LogP contribution < -0.4 is 16.0 Å². The molecule has 5 aliphatic heterocycles. The number of allylic oxidation sites excluding steroid dienone is 9. The summed E-state index contributed by atoms with van der Waals surface area (Å²) in [4.78, 5) is 69.7. The lowest BCUT2D eigenvalue weighted by molar-refractivity contribution is -0.139. The van der Waals surface area contributed by atoms with Crippen molar-refractivity contribution in [1.29, 1.82) is 0 Å². The van der Waals surface area contributed by atoms with Crippen LogP contribution in [0.25, 0.3) is 5.57 Å². The summed E-state index contributed by atoms with van der Waals surface area (Å²) in [5, 5.41) is 18.5. The number of carboxylic acid groups (broad SMARTS) is 1. The number of aromatic nitrogens is 2. The van der Waals surface area contributed by atoms with Crippen LogP contribution in [0.1, 0.15) is 84.3 Å². The zero-order valence-electron chi connectivity index (χ0n) is 38.7. The van der Waals surface area contributed by atoms with Crippen LogP contribution in [0.5, 0.6) is 0 Å². The number of carbonyl (C=O) groups excluding carboxylic acids is 3. The van der Waals surface area contributed by atoms with Gasteiger partial charge in [-0.1, -0.05) is 38.2 Å². The van der Waals surface area contributed by atoms with E-state index in [2.05, 4.69) is 57.4 Å². The van der Waals surface area contributed by atoms with Crippen molar-refractivity contribution < 1.29 is 43.2 Å². The number of H-pyrrole nitrogens is 1. The van der Waals surface area contributed by atoms with E-state index >= 15 is 0 Å². The average molecular weight is 907 g/mol. The molecule has 11 atom stereocenters. The number of hydrogen-bond donors (Lipinski definition) is 5. The van der Waals surface area contributed by atoms with Gasteiger partial charge < -0.3 is 54.8 Å².